The molecule has 3 nitrogen and oxygen atoms in total. The van der Waals surface area contributed by atoms with E-state index in [1.165, 1.54) is 24.8 Å². The molecule has 0 aromatic carbocycles. The summed E-state index contributed by atoms with van der Waals surface area (Å²) in [4.78, 5) is 0. The van der Waals surface area contributed by atoms with E-state index in [-0.39, 0.29) is 0 Å². The minimum absolute atomic E-state index is 0.965. The average molecular weight is 193 g/mol. The van der Waals surface area contributed by atoms with Crippen LogP contribution in [0.3, 0.4) is 0 Å². The highest BCUT2D eigenvalue weighted by molar-refractivity contribution is 5.14. The summed E-state index contributed by atoms with van der Waals surface area (Å²) in [5.74, 6) is 1.03. The second kappa shape index (κ2) is 4.13. The van der Waals surface area contributed by atoms with Crippen LogP contribution >= 0.6 is 0 Å². The molecule has 2 rings (SSSR count). The van der Waals surface area contributed by atoms with Crippen molar-refractivity contribution in [2.45, 2.75) is 32.7 Å². The molecule has 1 saturated carbocycles. The maximum absolute atomic E-state index is 4.31. The van der Waals surface area contributed by atoms with Crippen molar-refractivity contribution in [3.05, 3.63) is 17.5 Å². The third kappa shape index (κ3) is 2.58. The summed E-state index contributed by atoms with van der Waals surface area (Å²) in [5.41, 5.74) is 2.47. The summed E-state index contributed by atoms with van der Waals surface area (Å²) in [6.45, 7) is 4.18. The van der Waals surface area contributed by atoms with Crippen LogP contribution in [0, 0.1) is 12.8 Å². The van der Waals surface area contributed by atoms with Crippen LogP contribution in [0.25, 0.3) is 0 Å². The van der Waals surface area contributed by atoms with Crippen LogP contribution in [0.15, 0.2) is 6.20 Å². The molecule has 1 fully saturated rings. The molecule has 1 N–H and O–H groups in total. The largest absolute Gasteiger partial charge is 0.313 e. The summed E-state index contributed by atoms with van der Waals surface area (Å²) in [6.07, 6.45) is 6.35. The normalized spacial score (nSPS) is 16.1. The Balaban J connectivity index is 1.70. The lowest BCUT2D eigenvalue weighted by Gasteiger charge is -2.02. The number of aryl methyl sites for hydroxylation is 2. The molecule has 1 aromatic rings. The van der Waals surface area contributed by atoms with Gasteiger partial charge in [0.15, 0.2) is 0 Å². The summed E-state index contributed by atoms with van der Waals surface area (Å²) >= 11 is 0. The SMILES string of the molecule is Cc1nn(C)cc1CNCCC1CC1. The van der Waals surface area contributed by atoms with E-state index in [2.05, 4.69) is 23.5 Å². The summed E-state index contributed by atoms with van der Waals surface area (Å²) in [6, 6.07) is 0. The van der Waals surface area contributed by atoms with Crippen LogP contribution in [0.4, 0.5) is 0 Å². The lowest BCUT2D eigenvalue weighted by atomic mass is 10.2. The Morgan fingerprint density at radius 2 is 2.36 bits per heavy atom. The maximum atomic E-state index is 4.31. The summed E-state index contributed by atoms with van der Waals surface area (Å²) in [7, 11) is 1.97. The van der Waals surface area contributed by atoms with E-state index in [0.717, 1.165) is 24.7 Å². The number of nitrogens with one attached hydrogen (secondary N) is 1. The molecule has 0 unspecified atom stereocenters. The van der Waals surface area contributed by atoms with E-state index >= 15 is 0 Å². The molecule has 0 aliphatic heterocycles. The summed E-state index contributed by atoms with van der Waals surface area (Å²) < 4.78 is 1.88. The van der Waals surface area contributed by atoms with Gasteiger partial charge < -0.3 is 5.32 Å². The van der Waals surface area contributed by atoms with E-state index in [1.807, 2.05) is 11.7 Å². The van der Waals surface area contributed by atoms with E-state index in [4.69, 9.17) is 0 Å². The highest BCUT2D eigenvalue weighted by Crippen LogP contribution is 2.31. The van der Waals surface area contributed by atoms with Gasteiger partial charge >= 0.3 is 0 Å². The van der Waals surface area contributed by atoms with E-state index < -0.39 is 0 Å². The van der Waals surface area contributed by atoms with Crippen molar-refractivity contribution in [2.75, 3.05) is 6.54 Å². The van der Waals surface area contributed by atoms with Crippen molar-refractivity contribution in [1.29, 1.82) is 0 Å². The average Bonchev–Trinajstić information content (AvgIpc) is 2.88. The van der Waals surface area contributed by atoms with Crippen LogP contribution in [0.2, 0.25) is 0 Å². The Morgan fingerprint density at radius 1 is 1.57 bits per heavy atom. The van der Waals surface area contributed by atoms with Gasteiger partial charge in [0.05, 0.1) is 5.69 Å². The smallest absolute Gasteiger partial charge is 0.0638 e. The minimum Gasteiger partial charge on any atom is -0.313 e. The van der Waals surface area contributed by atoms with Gasteiger partial charge in [0.25, 0.3) is 0 Å². The molecule has 78 valence electrons. The molecule has 3 heteroatoms. The third-order valence-corrected chi connectivity index (χ3v) is 2.86. The first-order chi connectivity index (χ1) is 6.75. The highest BCUT2D eigenvalue weighted by Gasteiger charge is 2.19. The van der Waals surface area contributed by atoms with Crippen molar-refractivity contribution < 1.29 is 0 Å². The molecule has 1 heterocycles. The molecule has 1 aliphatic carbocycles. The Morgan fingerprint density at radius 3 is 2.93 bits per heavy atom. The molecule has 14 heavy (non-hydrogen) atoms. The van der Waals surface area contributed by atoms with Crippen LogP contribution < -0.4 is 5.32 Å². The Hall–Kier alpha value is -0.830. The van der Waals surface area contributed by atoms with Crippen molar-refractivity contribution in [2.24, 2.45) is 13.0 Å². The second-order valence-electron chi connectivity index (χ2n) is 4.32. The van der Waals surface area contributed by atoms with E-state index in [9.17, 15) is 0 Å². The molecular formula is C11H19N3. The van der Waals surface area contributed by atoms with Gasteiger partial charge in [-0.05, 0) is 25.8 Å². The van der Waals surface area contributed by atoms with Gasteiger partial charge in [-0.25, -0.2) is 0 Å². The number of hydrogen-bond acceptors (Lipinski definition) is 2. The molecule has 1 aliphatic rings. The second-order valence-corrected chi connectivity index (χ2v) is 4.32. The first-order valence-electron chi connectivity index (χ1n) is 5.45. The van der Waals surface area contributed by atoms with Gasteiger partial charge in [-0.3, -0.25) is 4.68 Å². The maximum Gasteiger partial charge on any atom is 0.0638 e. The molecule has 0 amide bonds. The van der Waals surface area contributed by atoms with Gasteiger partial charge in [0, 0.05) is 25.4 Å². The molecule has 0 radical (unpaired) electrons. The predicted molar refractivity (Wildman–Crippen MR) is 57.0 cm³/mol. The Bertz CT molecular complexity index is 299. The quantitative estimate of drug-likeness (QED) is 0.720. The van der Waals surface area contributed by atoms with Crippen LogP contribution in [0.1, 0.15) is 30.5 Å². The molecule has 0 saturated heterocycles. The fraction of sp³-hybridized carbons (Fsp3) is 0.727. The standard InChI is InChI=1S/C11H19N3/c1-9-11(8-14(2)13-9)7-12-6-5-10-3-4-10/h8,10,12H,3-7H2,1-2H3. The third-order valence-electron chi connectivity index (χ3n) is 2.86. The monoisotopic (exact) mass is 193 g/mol. The van der Waals surface area contributed by atoms with Crippen LogP contribution in [-0.2, 0) is 13.6 Å². The number of hydrogen-bond donors (Lipinski definition) is 1. The molecule has 0 atom stereocenters. The van der Waals surface area contributed by atoms with Gasteiger partial charge in [-0.15, -0.1) is 0 Å². The first-order valence-corrected chi connectivity index (χ1v) is 5.45. The van der Waals surface area contributed by atoms with E-state index in [1.54, 1.807) is 0 Å². The fourth-order valence-electron chi connectivity index (χ4n) is 1.76. The zero-order valence-electron chi connectivity index (χ0n) is 9.08. The predicted octanol–water partition coefficient (Wildman–Crippen LogP) is 1.62. The number of nitrogens with zero attached hydrogens (tertiary/aromatic N) is 2. The van der Waals surface area contributed by atoms with Crippen molar-refractivity contribution in [1.82, 2.24) is 15.1 Å². The van der Waals surface area contributed by atoms with Gasteiger partial charge in [0.1, 0.15) is 0 Å². The van der Waals surface area contributed by atoms with Crippen molar-refractivity contribution in [3.63, 3.8) is 0 Å². The first kappa shape index (κ1) is 9.71. The topological polar surface area (TPSA) is 29.9 Å². The van der Waals surface area contributed by atoms with Crippen LogP contribution in [0.5, 0.6) is 0 Å². The molecule has 0 spiro atoms. The zero-order valence-corrected chi connectivity index (χ0v) is 9.08. The van der Waals surface area contributed by atoms with E-state index in [0.29, 0.717) is 0 Å². The van der Waals surface area contributed by atoms with Gasteiger partial charge in [0.2, 0.25) is 0 Å². The lowest BCUT2D eigenvalue weighted by Crippen LogP contribution is -2.15. The van der Waals surface area contributed by atoms with Gasteiger partial charge in [-0.1, -0.05) is 12.8 Å². The fourth-order valence-corrected chi connectivity index (χ4v) is 1.76. The molecule has 0 bridgehead atoms. The Labute approximate surface area is 85.5 Å². The van der Waals surface area contributed by atoms with Gasteiger partial charge in [-0.2, -0.15) is 5.10 Å². The summed E-state index contributed by atoms with van der Waals surface area (Å²) in [5, 5.41) is 7.79. The lowest BCUT2D eigenvalue weighted by molar-refractivity contribution is 0.611. The van der Waals surface area contributed by atoms with Crippen molar-refractivity contribution >= 4 is 0 Å². The highest BCUT2D eigenvalue weighted by atomic mass is 15.2. The molecule has 1 aromatic heterocycles. The number of aromatic nitrogens is 2. The minimum atomic E-state index is 0.965. The van der Waals surface area contributed by atoms with Crippen LogP contribution in [-0.4, -0.2) is 16.3 Å². The molecular weight excluding hydrogens is 174 g/mol. The Kier molecular flexibility index (Phi) is 2.87. The zero-order chi connectivity index (χ0) is 9.97. The number of rotatable bonds is 5. The van der Waals surface area contributed by atoms with Crippen molar-refractivity contribution in [3.8, 4) is 0 Å².